The van der Waals surface area contributed by atoms with Gasteiger partial charge in [0.25, 0.3) is 0 Å². The second-order valence-corrected chi connectivity index (χ2v) is 6.26. The van der Waals surface area contributed by atoms with E-state index in [1.165, 1.54) is 0 Å². The molecule has 7 heteroatoms. The number of carboxylic acid groups (broad SMARTS) is 1. The minimum atomic E-state index is -3.54. The number of hydrogen-bond donors (Lipinski definition) is 1. The van der Waals surface area contributed by atoms with Gasteiger partial charge in [-0.1, -0.05) is 11.6 Å². The first kappa shape index (κ1) is 14.8. The quantitative estimate of drug-likeness (QED) is 0.772. The van der Waals surface area contributed by atoms with E-state index in [9.17, 15) is 13.2 Å². The van der Waals surface area contributed by atoms with Crippen LogP contribution in [-0.4, -0.2) is 37.6 Å². The highest BCUT2D eigenvalue weighted by atomic mass is 35.5. The van der Waals surface area contributed by atoms with Crippen molar-refractivity contribution in [1.82, 2.24) is 0 Å². The van der Waals surface area contributed by atoms with E-state index in [-0.39, 0.29) is 18.8 Å². The molecule has 1 rings (SSSR count). The molecule has 0 fully saturated rings. The molecule has 0 bridgehead atoms. The van der Waals surface area contributed by atoms with Crippen LogP contribution in [0, 0.1) is 0 Å². The number of rotatable bonds is 7. The Morgan fingerprint density at radius 1 is 1.28 bits per heavy atom. The van der Waals surface area contributed by atoms with Crippen molar-refractivity contribution in [3.63, 3.8) is 0 Å². The molecule has 0 aromatic heterocycles. The molecule has 0 unspecified atom stereocenters. The summed E-state index contributed by atoms with van der Waals surface area (Å²) >= 11 is 5.69. The van der Waals surface area contributed by atoms with Crippen molar-refractivity contribution in [1.29, 1.82) is 0 Å². The van der Waals surface area contributed by atoms with Gasteiger partial charge >= 0.3 is 5.97 Å². The van der Waals surface area contributed by atoms with E-state index in [0.717, 1.165) is 0 Å². The van der Waals surface area contributed by atoms with E-state index >= 15 is 0 Å². The maximum absolute atomic E-state index is 11.2. The van der Waals surface area contributed by atoms with Crippen molar-refractivity contribution in [2.75, 3.05) is 18.1 Å². The van der Waals surface area contributed by atoms with Crippen LogP contribution in [0.1, 0.15) is 6.42 Å². The molecule has 0 saturated carbocycles. The van der Waals surface area contributed by atoms with Crippen LogP contribution in [0.3, 0.4) is 0 Å². The average Bonchev–Trinajstić information content (AvgIpc) is 2.25. The number of aliphatic carboxylic acids is 1. The van der Waals surface area contributed by atoms with Crippen molar-refractivity contribution in [3.8, 4) is 5.75 Å². The lowest BCUT2D eigenvalue weighted by Gasteiger charge is -2.06. The van der Waals surface area contributed by atoms with E-state index < -0.39 is 21.6 Å². The Balaban J connectivity index is 2.31. The number of ether oxygens (including phenoxy) is 1. The van der Waals surface area contributed by atoms with E-state index in [4.69, 9.17) is 21.4 Å². The molecule has 100 valence electrons. The summed E-state index contributed by atoms with van der Waals surface area (Å²) in [5.41, 5.74) is 0. The zero-order valence-electron chi connectivity index (χ0n) is 9.50. The molecule has 18 heavy (non-hydrogen) atoms. The van der Waals surface area contributed by atoms with Crippen LogP contribution in [0.5, 0.6) is 5.75 Å². The third kappa shape index (κ3) is 5.88. The van der Waals surface area contributed by atoms with Gasteiger partial charge in [-0.2, -0.15) is 0 Å². The highest BCUT2D eigenvalue weighted by Crippen LogP contribution is 2.15. The topological polar surface area (TPSA) is 80.7 Å². The van der Waals surface area contributed by atoms with E-state index in [1.807, 2.05) is 0 Å². The molecule has 1 aromatic carbocycles. The van der Waals surface area contributed by atoms with Crippen LogP contribution in [-0.2, 0) is 14.6 Å². The first-order chi connectivity index (χ1) is 8.39. The Labute approximate surface area is 110 Å². The first-order valence-corrected chi connectivity index (χ1v) is 7.39. The van der Waals surface area contributed by atoms with Crippen molar-refractivity contribution >= 4 is 27.4 Å². The summed E-state index contributed by atoms with van der Waals surface area (Å²) in [6.45, 7) is 0.209. The van der Waals surface area contributed by atoms with Gasteiger partial charge in [0.2, 0.25) is 0 Å². The Kier molecular flexibility index (Phi) is 5.43. The number of hydrogen-bond acceptors (Lipinski definition) is 4. The fraction of sp³-hybridized carbons (Fsp3) is 0.364. The lowest BCUT2D eigenvalue weighted by atomic mass is 10.3. The monoisotopic (exact) mass is 292 g/mol. The molecule has 0 aliphatic carbocycles. The van der Waals surface area contributed by atoms with Crippen LogP contribution in [0.25, 0.3) is 0 Å². The van der Waals surface area contributed by atoms with Crippen molar-refractivity contribution in [3.05, 3.63) is 29.3 Å². The second kappa shape index (κ2) is 6.61. The number of sulfone groups is 1. The van der Waals surface area contributed by atoms with Crippen LogP contribution in [0.4, 0.5) is 0 Å². The smallest absolute Gasteiger partial charge is 0.318 e. The summed E-state index contributed by atoms with van der Waals surface area (Å²) in [6.07, 6.45) is 0.248. The molecule has 0 radical (unpaired) electrons. The number of carbonyl (C=O) groups is 1. The lowest BCUT2D eigenvalue weighted by Crippen LogP contribution is -2.19. The fourth-order valence-corrected chi connectivity index (χ4v) is 2.46. The molecule has 5 nitrogen and oxygen atoms in total. The second-order valence-electron chi connectivity index (χ2n) is 3.64. The van der Waals surface area contributed by atoms with Crippen molar-refractivity contribution in [2.45, 2.75) is 6.42 Å². The van der Waals surface area contributed by atoms with Crippen molar-refractivity contribution < 1.29 is 23.1 Å². The molecule has 0 saturated heterocycles. The maximum Gasteiger partial charge on any atom is 0.318 e. The Morgan fingerprint density at radius 3 is 2.44 bits per heavy atom. The minimum absolute atomic E-state index is 0.201. The summed E-state index contributed by atoms with van der Waals surface area (Å²) in [6, 6.07) is 6.68. The van der Waals surface area contributed by atoms with Gasteiger partial charge < -0.3 is 9.84 Å². The van der Waals surface area contributed by atoms with Crippen LogP contribution in [0.15, 0.2) is 24.3 Å². The Bertz CT molecular complexity index is 495. The molecule has 1 aromatic rings. The average molecular weight is 293 g/mol. The largest absolute Gasteiger partial charge is 0.494 e. The molecule has 0 spiro atoms. The summed E-state index contributed by atoms with van der Waals surface area (Å²) in [5, 5.41) is 8.98. The highest BCUT2D eigenvalue weighted by Gasteiger charge is 2.15. The number of halogens is 1. The minimum Gasteiger partial charge on any atom is -0.494 e. The summed E-state index contributed by atoms with van der Waals surface area (Å²) in [4.78, 5) is 10.3. The maximum atomic E-state index is 11.2. The lowest BCUT2D eigenvalue weighted by molar-refractivity contribution is -0.134. The molecule has 0 amide bonds. The van der Waals surface area contributed by atoms with Crippen LogP contribution >= 0.6 is 11.6 Å². The van der Waals surface area contributed by atoms with Gasteiger partial charge in [-0.05, 0) is 30.7 Å². The highest BCUT2D eigenvalue weighted by molar-refractivity contribution is 7.92. The summed E-state index contributed by atoms with van der Waals surface area (Å²) in [5.74, 6) is -1.79. The fourth-order valence-electron chi connectivity index (χ4n) is 1.26. The molecule has 0 aliphatic rings. The van der Waals surface area contributed by atoms with E-state index in [0.29, 0.717) is 10.8 Å². The number of carboxylic acids is 1. The van der Waals surface area contributed by atoms with Gasteiger partial charge in [-0.3, -0.25) is 4.79 Å². The molecule has 1 N–H and O–H groups in total. The summed E-state index contributed by atoms with van der Waals surface area (Å²) in [7, 11) is -3.54. The third-order valence-electron chi connectivity index (χ3n) is 2.03. The van der Waals surface area contributed by atoms with E-state index in [1.54, 1.807) is 24.3 Å². The zero-order chi connectivity index (χ0) is 13.6. The molecule has 0 atom stereocenters. The standard InChI is InChI=1S/C11H13ClO5S/c12-9-2-4-10(5-3-9)17-6-1-7-18(15,16)8-11(13)14/h2-5H,1,6-8H2,(H,13,14). The zero-order valence-corrected chi connectivity index (χ0v) is 11.1. The Morgan fingerprint density at radius 2 is 1.89 bits per heavy atom. The van der Waals surface area contributed by atoms with Crippen molar-refractivity contribution in [2.24, 2.45) is 0 Å². The van der Waals surface area contributed by atoms with Gasteiger partial charge in [0.05, 0.1) is 12.4 Å². The predicted octanol–water partition coefficient (Wildman–Crippen LogP) is 1.61. The normalized spacial score (nSPS) is 11.2. The van der Waals surface area contributed by atoms with E-state index in [2.05, 4.69) is 0 Å². The number of benzene rings is 1. The third-order valence-corrected chi connectivity index (χ3v) is 3.87. The summed E-state index contributed by atoms with van der Waals surface area (Å²) < 4.78 is 27.8. The molecule has 0 aliphatic heterocycles. The first-order valence-electron chi connectivity index (χ1n) is 5.20. The predicted molar refractivity (Wildman–Crippen MR) is 67.9 cm³/mol. The molecular weight excluding hydrogens is 280 g/mol. The molecular formula is C11H13ClO5S. The SMILES string of the molecule is O=C(O)CS(=O)(=O)CCCOc1ccc(Cl)cc1. The van der Waals surface area contributed by atoms with Gasteiger partial charge in [0, 0.05) is 5.02 Å². The van der Waals surface area contributed by atoms with Gasteiger partial charge in [-0.15, -0.1) is 0 Å². The van der Waals surface area contributed by atoms with Gasteiger partial charge in [0.1, 0.15) is 11.5 Å². The Hall–Kier alpha value is -1.27. The molecule has 0 heterocycles. The van der Waals surface area contributed by atoms with Gasteiger partial charge in [0.15, 0.2) is 9.84 Å². The van der Waals surface area contributed by atoms with Crippen LogP contribution < -0.4 is 4.74 Å². The van der Waals surface area contributed by atoms with Gasteiger partial charge in [-0.25, -0.2) is 8.42 Å². The van der Waals surface area contributed by atoms with Crippen LogP contribution in [0.2, 0.25) is 5.02 Å².